The summed E-state index contributed by atoms with van der Waals surface area (Å²) in [6.07, 6.45) is 1.18. The highest BCUT2D eigenvalue weighted by molar-refractivity contribution is 6.36. The van der Waals surface area contributed by atoms with Crippen LogP contribution in [0.2, 0.25) is 10.0 Å². The maximum Gasteiger partial charge on any atom is 0.259 e. The summed E-state index contributed by atoms with van der Waals surface area (Å²) in [6.45, 7) is 1.91. The van der Waals surface area contributed by atoms with E-state index in [4.69, 9.17) is 27.9 Å². The molecule has 1 N–H and O–H groups in total. The van der Waals surface area contributed by atoms with Gasteiger partial charge in [0.15, 0.2) is 6.61 Å². The molecular formula is C26H26Cl2FNO3. The Bertz CT molecular complexity index is 1110. The molecule has 3 aromatic rings. The van der Waals surface area contributed by atoms with Crippen LogP contribution in [0.25, 0.3) is 0 Å². The Kier molecular flexibility index (Phi) is 8.22. The molecule has 174 valence electrons. The summed E-state index contributed by atoms with van der Waals surface area (Å²) >= 11 is 13.0. The first-order valence-electron chi connectivity index (χ1n) is 10.6. The second-order valence-electron chi connectivity index (χ2n) is 8.02. The van der Waals surface area contributed by atoms with Crippen molar-refractivity contribution in [3.05, 3.63) is 92.7 Å². The minimum absolute atomic E-state index is 0.0819. The predicted molar refractivity (Wildman–Crippen MR) is 130 cm³/mol. The molecule has 4 nitrogen and oxygen atoms in total. The molecule has 33 heavy (non-hydrogen) atoms. The molecule has 0 heterocycles. The van der Waals surface area contributed by atoms with E-state index in [2.05, 4.69) is 0 Å². The van der Waals surface area contributed by atoms with Gasteiger partial charge in [0.1, 0.15) is 17.3 Å². The van der Waals surface area contributed by atoms with Crippen LogP contribution in [0.5, 0.6) is 11.5 Å². The van der Waals surface area contributed by atoms with Gasteiger partial charge >= 0.3 is 0 Å². The molecule has 3 rings (SSSR count). The zero-order valence-electron chi connectivity index (χ0n) is 18.7. The number of phenolic OH excluding ortho intramolecular Hbond substituents is 1. The Morgan fingerprint density at radius 1 is 1.06 bits per heavy atom. The number of hydrogen-bond acceptors (Lipinski definition) is 3. The number of amides is 1. The molecule has 0 aliphatic rings. The number of aromatic hydroxyl groups is 1. The third kappa shape index (κ3) is 6.18. The third-order valence-corrected chi connectivity index (χ3v) is 6.18. The van der Waals surface area contributed by atoms with Gasteiger partial charge in [-0.05, 0) is 53.4 Å². The topological polar surface area (TPSA) is 49.8 Å². The quantitative estimate of drug-likeness (QED) is 0.396. The van der Waals surface area contributed by atoms with Gasteiger partial charge in [-0.1, -0.05) is 54.4 Å². The van der Waals surface area contributed by atoms with Crippen molar-refractivity contribution in [3.8, 4) is 11.5 Å². The summed E-state index contributed by atoms with van der Waals surface area (Å²) in [5.41, 5.74) is 3.33. The lowest BCUT2D eigenvalue weighted by atomic mass is 9.87. The highest BCUT2D eigenvalue weighted by Crippen LogP contribution is 2.37. The summed E-state index contributed by atoms with van der Waals surface area (Å²) in [6, 6.07) is 15.0. The van der Waals surface area contributed by atoms with Crippen LogP contribution in [0.15, 0.2) is 54.6 Å². The summed E-state index contributed by atoms with van der Waals surface area (Å²) in [5, 5.41) is 11.4. The van der Waals surface area contributed by atoms with Crippen molar-refractivity contribution in [2.24, 2.45) is 0 Å². The maximum absolute atomic E-state index is 13.4. The predicted octanol–water partition coefficient (Wildman–Crippen LogP) is 6.44. The van der Waals surface area contributed by atoms with Crippen LogP contribution in [0.1, 0.15) is 41.5 Å². The lowest BCUT2D eigenvalue weighted by Gasteiger charge is -2.19. The van der Waals surface area contributed by atoms with Crippen LogP contribution >= 0.6 is 23.2 Å². The third-order valence-electron chi connectivity index (χ3n) is 5.50. The lowest BCUT2D eigenvalue weighted by Crippen LogP contribution is -2.27. The number of hydrogen-bond donors (Lipinski definition) is 1. The average molecular weight is 490 g/mol. The smallest absolute Gasteiger partial charge is 0.259 e. The molecule has 7 heteroatoms. The van der Waals surface area contributed by atoms with Gasteiger partial charge < -0.3 is 14.7 Å². The number of rotatable bonds is 8. The second-order valence-corrected chi connectivity index (χ2v) is 8.84. The molecule has 1 amide bonds. The summed E-state index contributed by atoms with van der Waals surface area (Å²) < 4.78 is 18.9. The Balaban J connectivity index is 1.85. The molecule has 0 radical (unpaired) electrons. The Labute approximate surface area is 203 Å². The number of carbonyl (C=O) groups is 1. The molecule has 3 aromatic carbocycles. The van der Waals surface area contributed by atoms with Crippen LogP contribution in [0.4, 0.5) is 4.39 Å². The van der Waals surface area contributed by atoms with Gasteiger partial charge in [-0.15, -0.1) is 0 Å². The fraction of sp³-hybridized carbons (Fsp3) is 0.269. The van der Waals surface area contributed by atoms with Gasteiger partial charge in [-0.2, -0.15) is 0 Å². The van der Waals surface area contributed by atoms with E-state index in [1.54, 1.807) is 44.4 Å². The summed E-state index contributed by atoms with van der Waals surface area (Å²) in [4.78, 5) is 13.2. The minimum Gasteiger partial charge on any atom is -0.508 e. The van der Waals surface area contributed by atoms with Crippen LogP contribution in [0.3, 0.4) is 0 Å². The molecule has 0 aliphatic carbocycles. The van der Waals surface area contributed by atoms with Crippen LogP contribution in [0, 0.1) is 5.82 Å². The highest BCUT2D eigenvalue weighted by Gasteiger charge is 2.18. The SMILES string of the molecule is CCC(c1ccc(F)cc1)c1cc(Cc2c(Cl)cc(OCC(=O)N(C)C)cc2Cl)ccc1O. The van der Waals surface area contributed by atoms with Gasteiger partial charge in [0, 0.05) is 42.0 Å². The monoisotopic (exact) mass is 489 g/mol. The largest absolute Gasteiger partial charge is 0.508 e. The van der Waals surface area contributed by atoms with Crippen molar-refractivity contribution in [2.75, 3.05) is 20.7 Å². The first-order valence-corrected chi connectivity index (χ1v) is 11.3. The van der Waals surface area contributed by atoms with E-state index in [9.17, 15) is 14.3 Å². The second kappa shape index (κ2) is 10.9. The molecule has 0 saturated carbocycles. The molecule has 1 atom stereocenters. The van der Waals surface area contributed by atoms with E-state index in [0.717, 1.165) is 28.7 Å². The summed E-state index contributed by atoms with van der Waals surface area (Å²) in [5.74, 6) is 0.0459. The van der Waals surface area contributed by atoms with Gasteiger partial charge in [0.2, 0.25) is 0 Å². The van der Waals surface area contributed by atoms with Crippen LogP contribution in [-0.4, -0.2) is 36.6 Å². The number of halogens is 3. The number of ether oxygens (including phenoxy) is 1. The Morgan fingerprint density at radius 3 is 2.27 bits per heavy atom. The number of phenols is 1. The van der Waals surface area contributed by atoms with Crippen molar-refractivity contribution in [3.63, 3.8) is 0 Å². The maximum atomic E-state index is 13.4. The van der Waals surface area contributed by atoms with Gasteiger partial charge in [-0.25, -0.2) is 4.39 Å². The Hall–Kier alpha value is -2.76. The summed E-state index contributed by atoms with van der Waals surface area (Å²) in [7, 11) is 3.31. The number of nitrogens with zero attached hydrogens (tertiary/aromatic N) is 1. The fourth-order valence-electron chi connectivity index (χ4n) is 3.63. The number of benzene rings is 3. The fourth-order valence-corrected chi connectivity index (χ4v) is 4.23. The van der Waals surface area contributed by atoms with Crippen molar-refractivity contribution >= 4 is 29.1 Å². The molecule has 0 aliphatic heterocycles. The van der Waals surface area contributed by atoms with Gasteiger partial charge in [0.25, 0.3) is 5.91 Å². The molecule has 1 unspecified atom stereocenters. The van der Waals surface area contributed by atoms with Gasteiger partial charge in [-0.3, -0.25) is 4.79 Å². The normalized spacial score (nSPS) is 11.8. The van der Waals surface area contributed by atoms with Crippen LogP contribution < -0.4 is 4.74 Å². The van der Waals surface area contributed by atoms with E-state index in [1.165, 1.54) is 17.0 Å². The van der Waals surface area contributed by atoms with Crippen molar-refractivity contribution in [2.45, 2.75) is 25.7 Å². The molecule has 0 bridgehead atoms. The van der Waals surface area contributed by atoms with E-state index in [-0.39, 0.29) is 30.0 Å². The molecular weight excluding hydrogens is 464 g/mol. The van der Waals surface area contributed by atoms with Crippen molar-refractivity contribution in [1.82, 2.24) is 4.90 Å². The highest BCUT2D eigenvalue weighted by atomic mass is 35.5. The number of likely N-dealkylation sites (N-methyl/N-ethyl adjacent to an activating group) is 1. The van der Waals surface area contributed by atoms with Crippen molar-refractivity contribution < 1.29 is 19.0 Å². The zero-order chi connectivity index (χ0) is 24.1. The van der Waals surface area contributed by atoms with E-state index in [0.29, 0.717) is 22.2 Å². The molecule has 0 saturated heterocycles. The standard InChI is InChI=1S/C26H26Cl2FNO3/c1-4-20(17-6-8-18(29)9-7-17)21-11-16(5-10-25(21)31)12-22-23(27)13-19(14-24(22)28)33-15-26(32)30(2)3/h5-11,13-14,20,31H,4,12,15H2,1-3H3. The lowest BCUT2D eigenvalue weighted by molar-refractivity contribution is -0.130. The zero-order valence-corrected chi connectivity index (χ0v) is 20.3. The van der Waals surface area contributed by atoms with Crippen LogP contribution in [-0.2, 0) is 11.2 Å². The van der Waals surface area contributed by atoms with Crippen molar-refractivity contribution in [1.29, 1.82) is 0 Å². The molecule has 0 spiro atoms. The van der Waals surface area contributed by atoms with E-state index in [1.807, 2.05) is 19.1 Å². The Morgan fingerprint density at radius 2 is 1.70 bits per heavy atom. The molecule has 0 aromatic heterocycles. The van der Waals surface area contributed by atoms with E-state index < -0.39 is 0 Å². The van der Waals surface area contributed by atoms with E-state index >= 15 is 0 Å². The minimum atomic E-state index is -0.297. The molecule has 0 fully saturated rings. The first kappa shape index (κ1) is 24.9. The average Bonchev–Trinajstić information content (AvgIpc) is 2.78. The number of carbonyl (C=O) groups excluding carboxylic acids is 1. The van der Waals surface area contributed by atoms with Gasteiger partial charge in [0.05, 0.1) is 0 Å². The first-order chi connectivity index (χ1) is 15.7.